The molecule has 0 unspecified atom stereocenters. The first-order valence-corrected chi connectivity index (χ1v) is 8.17. The van der Waals surface area contributed by atoms with E-state index in [-0.39, 0.29) is 29.3 Å². The van der Waals surface area contributed by atoms with Gasteiger partial charge < -0.3 is 9.47 Å². The van der Waals surface area contributed by atoms with E-state index in [1.807, 2.05) is 7.05 Å². The minimum Gasteiger partial charge on any atom is -0.469 e. The average Bonchev–Trinajstić information content (AvgIpc) is 2.84. The van der Waals surface area contributed by atoms with Gasteiger partial charge in [0, 0.05) is 30.6 Å². The van der Waals surface area contributed by atoms with Gasteiger partial charge in [-0.2, -0.15) is 0 Å². The number of nitro groups is 1. The largest absolute Gasteiger partial charge is 0.469 e. The van der Waals surface area contributed by atoms with Crippen molar-refractivity contribution in [2.24, 2.45) is 5.92 Å². The standard InChI is InChI=1S/C17H20N2O6/c1-18-12-7-8-13(18)15(17(21)24-2)14(9-12)25-16(20)10-3-5-11(6-4-10)19(22)23/h3-6,12-15H,7-9H2,1-2H3/t12-,13+,14-,15+/m0/s1. The molecule has 0 aromatic heterocycles. The highest BCUT2D eigenvalue weighted by Gasteiger charge is 2.51. The van der Waals surface area contributed by atoms with Crippen molar-refractivity contribution in [3.8, 4) is 0 Å². The Morgan fingerprint density at radius 2 is 1.92 bits per heavy atom. The molecule has 2 aliphatic rings. The van der Waals surface area contributed by atoms with Crippen LogP contribution in [0.15, 0.2) is 24.3 Å². The summed E-state index contributed by atoms with van der Waals surface area (Å²) in [5.41, 5.74) is 0.127. The molecule has 134 valence electrons. The zero-order valence-electron chi connectivity index (χ0n) is 14.1. The predicted octanol–water partition coefficient (Wildman–Crippen LogP) is 1.78. The lowest BCUT2D eigenvalue weighted by Gasteiger charge is -2.40. The van der Waals surface area contributed by atoms with Gasteiger partial charge in [-0.25, -0.2) is 4.79 Å². The van der Waals surface area contributed by atoms with Crippen LogP contribution in [0.3, 0.4) is 0 Å². The van der Waals surface area contributed by atoms with E-state index < -0.39 is 22.9 Å². The van der Waals surface area contributed by atoms with Crippen LogP contribution in [0.5, 0.6) is 0 Å². The van der Waals surface area contributed by atoms with Crippen molar-refractivity contribution in [3.63, 3.8) is 0 Å². The molecule has 4 atom stereocenters. The molecule has 8 nitrogen and oxygen atoms in total. The van der Waals surface area contributed by atoms with Gasteiger partial charge in [0.15, 0.2) is 0 Å². The highest BCUT2D eigenvalue weighted by molar-refractivity contribution is 5.90. The molecule has 0 aliphatic carbocycles. The highest BCUT2D eigenvalue weighted by Crippen LogP contribution is 2.40. The van der Waals surface area contributed by atoms with E-state index in [0.717, 1.165) is 12.8 Å². The Labute approximate surface area is 144 Å². The maximum atomic E-state index is 12.4. The van der Waals surface area contributed by atoms with Gasteiger partial charge in [-0.1, -0.05) is 0 Å². The molecular formula is C17H20N2O6. The molecular weight excluding hydrogens is 328 g/mol. The number of methoxy groups -OCH3 is 1. The number of esters is 2. The van der Waals surface area contributed by atoms with Crippen molar-refractivity contribution in [2.45, 2.75) is 37.5 Å². The van der Waals surface area contributed by atoms with Crippen LogP contribution in [0.1, 0.15) is 29.6 Å². The Hall–Kier alpha value is -2.48. The quantitative estimate of drug-likeness (QED) is 0.464. The number of piperidine rings is 1. The zero-order valence-corrected chi connectivity index (χ0v) is 14.1. The Morgan fingerprint density at radius 1 is 1.24 bits per heavy atom. The first-order valence-electron chi connectivity index (χ1n) is 8.17. The van der Waals surface area contributed by atoms with Crippen LogP contribution in [-0.2, 0) is 14.3 Å². The van der Waals surface area contributed by atoms with Gasteiger partial charge in [-0.05, 0) is 32.0 Å². The van der Waals surface area contributed by atoms with Gasteiger partial charge >= 0.3 is 11.9 Å². The van der Waals surface area contributed by atoms with E-state index in [9.17, 15) is 19.7 Å². The molecule has 8 heteroatoms. The zero-order chi connectivity index (χ0) is 18.1. The van der Waals surface area contributed by atoms with Crippen LogP contribution in [-0.4, -0.2) is 54.1 Å². The van der Waals surface area contributed by atoms with Gasteiger partial charge in [-0.15, -0.1) is 0 Å². The third-order valence-electron chi connectivity index (χ3n) is 5.26. The first kappa shape index (κ1) is 17.3. The van der Waals surface area contributed by atoms with Crippen LogP contribution in [0.25, 0.3) is 0 Å². The number of hydrogen-bond acceptors (Lipinski definition) is 7. The third-order valence-corrected chi connectivity index (χ3v) is 5.26. The summed E-state index contributed by atoms with van der Waals surface area (Å²) >= 11 is 0. The van der Waals surface area contributed by atoms with Crippen molar-refractivity contribution in [3.05, 3.63) is 39.9 Å². The van der Waals surface area contributed by atoms with Crippen molar-refractivity contribution < 1.29 is 24.0 Å². The second kappa shape index (κ2) is 6.79. The Morgan fingerprint density at radius 3 is 2.52 bits per heavy atom. The van der Waals surface area contributed by atoms with Crippen LogP contribution in [0.2, 0.25) is 0 Å². The molecule has 2 fully saturated rings. The average molecular weight is 348 g/mol. The van der Waals surface area contributed by atoms with Crippen LogP contribution >= 0.6 is 0 Å². The fourth-order valence-electron chi connectivity index (χ4n) is 3.91. The Balaban J connectivity index is 1.76. The highest BCUT2D eigenvalue weighted by atomic mass is 16.6. The summed E-state index contributed by atoms with van der Waals surface area (Å²) in [4.78, 5) is 37.0. The number of rotatable bonds is 4. The summed E-state index contributed by atoms with van der Waals surface area (Å²) in [6.07, 6.45) is 1.85. The Kier molecular flexibility index (Phi) is 4.71. The number of non-ortho nitro benzene ring substituents is 1. The molecule has 2 saturated heterocycles. The van der Waals surface area contributed by atoms with Gasteiger partial charge in [0.1, 0.15) is 12.0 Å². The van der Waals surface area contributed by atoms with Crippen LogP contribution in [0.4, 0.5) is 5.69 Å². The van der Waals surface area contributed by atoms with E-state index in [4.69, 9.17) is 9.47 Å². The van der Waals surface area contributed by atoms with Gasteiger partial charge in [0.25, 0.3) is 5.69 Å². The molecule has 2 bridgehead atoms. The summed E-state index contributed by atoms with van der Waals surface area (Å²) in [7, 11) is 3.31. The molecule has 3 rings (SSSR count). The smallest absolute Gasteiger partial charge is 0.338 e. The first-order chi connectivity index (χ1) is 11.9. The lowest BCUT2D eigenvalue weighted by Crippen LogP contribution is -2.53. The normalized spacial score (nSPS) is 28.4. The second-order valence-electron chi connectivity index (χ2n) is 6.50. The fourth-order valence-corrected chi connectivity index (χ4v) is 3.91. The number of hydrogen-bond donors (Lipinski definition) is 0. The number of ether oxygens (including phenoxy) is 2. The molecule has 2 aliphatic heterocycles. The van der Waals surface area contributed by atoms with Crippen molar-refractivity contribution in [1.82, 2.24) is 4.90 Å². The molecule has 25 heavy (non-hydrogen) atoms. The van der Waals surface area contributed by atoms with Crippen LogP contribution in [0, 0.1) is 16.0 Å². The summed E-state index contributed by atoms with van der Waals surface area (Å²) in [5.74, 6) is -1.48. The molecule has 0 N–H and O–H groups in total. The lowest BCUT2D eigenvalue weighted by atomic mass is 9.87. The number of nitro benzene ring substituents is 1. The summed E-state index contributed by atoms with van der Waals surface area (Å²) in [6.45, 7) is 0. The molecule has 1 aromatic rings. The summed E-state index contributed by atoms with van der Waals surface area (Å²) < 4.78 is 10.5. The van der Waals surface area contributed by atoms with E-state index in [0.29, 0.717) is 6.42 Å². The Bertz CT molecular complexity index is 689. The monoisotopic (exact) mass is 348 g/mol. The van der Waals surface area contributed by atoms with Gasteiger partial charge in [-0.3, -0.25) is 19.8 Å². The van der Waals surface area contributed by atoms with Gasteiger partial charge in [0.05, 0.1) is 17.6 Å². The fraction of sp³-hybridized carbons (Fsp3) is 0.529. The van der Waals surface area contributed by atoms with E-state index in [1.165, 1.54) is 31.4 Å². The van der Waals surface area contributed by atoms with E-state index >= 15 is 0 Å². The summed E-state index contributed by atoms with van der Waals surface area (Å²) in [6, 6.07) is 5.51. The molecule has 0 saturated carbocycles. The molecule has 2 heterocycles. The second-order valence-corrected chi connectivity index (χ2v) is 6.50. The lowest BCUT2D eigenvalue weighted by molar-refractivity contribution is -0.384. The maximum Gasteiger partial charge on any atom is 0.338 e. The van der Waals surface area contributed by atoms with Crippen molar-refractivity contribution in [2.75, 3.05) is 14.2 Å². The van der Waals surface area contributed by atoms with Gasteiger partial charge in [0.2, 0.25) is 0 Å². The number of nitrogens with zero attached hydrogens (tertiary/aromatic N) is 2. The number of benzene rings is 1. The number of carbonyl (C=O) groups is 2. The summed E-state index contributed by atoms with van der Waals surface area (Å²) in [5, 5.41) is 10.7. The number of carbonyl (C=O) groups excluding carboxylic acids is 2. The maximum absolute atomic E-state index is 12.4. The molecule has 0 spiro atoms. The minimum absolute atomic E-state index is 0.000797. The third kappa shape index (κ3) is 3.21. The predicted molar refractivity (Wildman–Crippen MR) is 87.0 cm³/mol. The van der Waals surface area contributed by atoms with E-state index in [1.54, 1.807) is 0 Å². The number of fused-ring (bicyclic) bond motifs is 2. The SMILES string of the molecule is COC(=O)[C@H]1[C@@H](OC(=O)c2ccc([N+](=O)[O-])cc2)C[C@@H]2CC[C@H]1N2C. The molecule has 0 radical (unpaired) electrons. The minimum atomic E-state index is -0.585. The molecule has 0 amide bonds. The van der Waals surface area contributed by atoms with E-state index in [2.05, 4.69) is 4.90 Å². The van der Waals surface area contributed by atoms with Crippen LogP contribution < -0.4 is 0 Å². The topological polar surface area (TPSA) is 99.0 Å². The van der Waals surface area contributed by atoms with Crippen molar-refractivity contribution >= 4 is 17.6 Å². The van der Waals surface area contributed by atoms with Crippen molar-refractivity contribution in [1.29, 1.82) is 0 Å². The molecule has 1 aromatic carbocycles.